The van der Waals surface area contributed by atoms with Gasteiger partial charge in [0, 0.05) is 13.0 Å². The van der Waals surface area contributed by atoms with Gasteiger partial charge in [-0.2, -0.15) is 0 Å². The molecule has 2 atom stereocenters. The summed E-state index contributed by atoms with van der Waals surface area (Å²) < 4.78 is 34.8. The molecule has 0 rings (SSSR count). The number of phosphoric ester groups is 1. The molecule has 0 amide bonds. The first-order valence-corrected chi connectivity index (χ1v) is 29.8. The minimum atomic E-state index is -4.54. The van der Waals surface area contributed by atoms with Crippen LogP contribution in [0.15, 0.2) is 85.1 Å². The van der Waals surface area contributed by atoms with Crippen molar-refractivity contribution in [2.45, 2.75) is 238 Å². The predicted octanol–water partition coefficient (Wildman–Crippen LogP) is 17.3. The van der Waals surface area contributed by atoms with Crippen molar-refractivity contribution in [3.8, 4) is 0 Å². The highest BCUT2D eigenvalue weighted by Crippen LogP contribution is 2.38. The number of esters is 1. The van der Waals surface area contributed by atoms with Crippen molar-refractivity contribution in [3.63, 3.8) is 0 Å². The van der Waals surface area contributed by atoms with Crippen molar-refractivity contribution in [2.24, 2.45) is 0 Å². The van der Waals surface area contributed by atoms with Crippen molar-refractivity contribution in [2.75, 3.05) is 54.1 Å². The lowest BCUT2D eigenvalue weighted by Gasteiger charge is -2.28. The molecule has 0 aromatic rings. The van der Waals surface area contributed by atoms with Crippen molar-refractivity contribution >= 4 is 13.8 Å². The number of unbranched alkanes of at least 4 members (excludes halogenated alkanes) is 24. The molecule has 0 spiro atoms. The van der Waals surface area contributed by atoms with Crippen LogP contribution in [0.3, 0.4) is 0 Å². The van der Waals surface area contributed by atoms with E-state index in [0.717, 1.165) is 83.5 Å². The van der Waals surface area contributed by atoms with Crippen LogP contribution in [-0.2, 0) is 27.9 Å². The van der Waals surface area contributed by atoms with E-state index in [1.54, 1.807) is 0 Å². The summed E-state index contributed by atoms with van der Waals surface area (Å²) in [6.45, 7) is 5.28. The lowest BCUT2D eigenvalue weighted by atomic mass is 10.1. The van der Waals surface area contributed by atoms with E-state index < -0.39 is 13.9 Å². The lowest BCUT2D eigenvalue weighted by Crippen LogP contribution is -2.37. The molecule has 2 unspecified atom stereocenters. The van der Waals surface area contributed by atoms with E-state index in [9.17, 15) is 14.3 Å². The molecule has 0 aromatic heterocycles. The number of hydrogen-bond acceptors (Lipinski definition) is 7. The Labute approximate surface area is 426 Å². The van der Waals surface area contributed by atoms with Crippen LogP contribution in [0.4, 0.5) is 0 Å². The molecule has 400 valence electrons. The maximum absolute atomic E-state index is 12.8. The van der Waals surface area contributed by atoms with Gasteiger partial charge in [0.25, 0.3) is 7.82 Å². The summed E-state index contributed by atoms with van der Waals surface area (Å²) in [4.78, 5) is 25.3. The second-order valence-corrected chi connectivity index (χ2v) is 21.3. The second kappa shape index (κ2) is 52.0. The lowest BCUT2D eigenvalue weighted by molar-refractivity contribution is -0.870. The number of allylic oxidation sites excluding steroid dienone is 14. The topological polar surface area (TPSA) is 94.1 Å². The number of ether oxygens (including phenoxy) is 2. The van der Waals surface area contributed by atoms with Gasteiger partial charge in [-0.15, -0.1) is 0 Å². The molecule has 0 saturated carbocycles. The van der Waals surface area contributed by atoms with Crippen molar-refractivity contribution in [1.29, 1.82) is 0 Å². The van der Waals surface area contributed by atoms with Crippen molar-refractivity contribution in [1.82, 2.24) is 0 Å². The van der Waals surface area contributed by atoms with Crippen molar-refractivity contribution in [3.05, 3.63) is 85.1 Å². The molecule has 0 aliphatic rings. The van der Waals surface area contributed by atoms with E-state index in [1.165, 1.54) is 128 Å². The highest BCUT2D eigenvalue weighted by molar-refractivity contribution is 7.45. The fourth-order valence-corrected chi connectivity index (χ4v) is 8.33. The number of quaternary nitrogens is 1. The number of nitrogens with zero attached hydrogens (tertiary/aromatic N) is 1. The fraction of sp³-hybridized carbons (Fsp3) is 0.750. The summed E-state index contributed by atoms with van der Waals surface area (Å²) in [6.07, 6.45) is 70.4. The SMILES string of the molecule is CC/C=C\C/C=C\C/C=C\C/C=C\C/C=C\C/C=C\CCCCCCCCCOCC(COP(=O)([O-])OCC[N+](C)(C)C)OC(=O)CCCCCCCCCCC/C=C\CCCCCCCCCC. The van der Waals surface area contributed by atoms with Crippen molar-refractivity contribution < 1.29 is 37.3 Å². The smallest absolute Gasteiger partial charge is 0.306 e. The zero-order valence-corrected chi connectivity index (χ0v) is 46.4. The first kappa shape index (κ1) is 66.7. The van der Waals surface area contributed by atoms with Crippen LogP contribution in [-0.4, -0.2) is 70.7 Å². The molecule has 0 N–H and O–H groups in total. The highest BCUT2D eigenvalue weighted by Gasteiger charge is 2.20. The second-order valence-electron chi connectivity index (χ2n) is 19.9. The molecule has 0 radical (unpaired) electrons. The van der Waals surface area contributed by atoms with Crippen LogP contribution in [0.5, 0.6) is 0 Å². The number of hydrogen-bond donors (Lipinski definition) is 0. The van der Waals surface area contributed by atoms with Gasteiger partial charge in [-0.3, -0.25) is 9.36 Å². The molecular weight excluding hydrogens is 878 g/mol. The number of phosphoric acid groups is 1. The van der Waals surface area contributed by atoms with Gasteiger partial charge in [0.15, 0.2) is 0 Å². The summed E-state index contributed by atoms with van der Waals surface area (Å²) in [6, 6.07) is 0. The third-order valence-corrected chi connectivity index (χ3v) is 12.9. The fourth-order valence-electron chi connectivity index (χ4n) is 7.60. The standard InChI is InChI=1S/C60H108NO7P/c1-6-8-10-12-14-16-18-20-22-24-26-28-29-30-31-32-34-36-38-40-42-44-46-48-50-52-55-65-57-59(58-67-69(63,64)66-56-54-61(3,4)5)68-60(62)53-51-49-47-45-43-41-39-37-35-33-27-25-23-21-19-17-15-13-11-9-7-2/h8,10,14,16,20,22,25-28,30-31,34,36,59H,6-7,9,11-13,15,17-19,21,23-24,29,32-33,35,37-58H2,1-5H3/b10-8-,16-14-,22-20-,27-25-,28-26-,31-30-,36-34-. The van der Waals surface area contributed by atoms with Crippen LogP contribution < -0.4 is 4.89 Å². The monoisotopic (exact) mass is 986 g/mol. The Balaban J connectivity index is 4.14. The van der Waals surface area contributed by atoms with Crippen LogP contribution in [0.1, 0.15) is 232 Å². The van der Waals surface area contributed by atoms with E-state index in [4.69, 9.17) is 18.5 Å². The quantitative estimate of drug-likeness (QED) is 0.0197. The first-order chi connectivity index (χ1) is 33.6. The number of rotatable bonds is 52. The average Bonchev–Trinajstić information content (AvgIpc) is 3.31. The molecule has 0 bridgehead atoms. The zero-order valence-electron chi connectivity index (χ0n) is 45.5. The molecule has 0 aromatic carbocycles. The van der Waals surface area contributed by atoms with Gasteiger partial charge in [0.2, 0.25) is 0 Å². The van der Waals surface area contributed by atoms with Crippen LogP contribution >= 0.6 is 7.82 Å². The number of carbonyl (C=O) groups is 1. The molecule has 0 heterocycles. The van der Waals surface area contributed by atoms with Gasteiger partial charge in [-0.25, -0.2) is 0 Å². The average molecular weight is 986 g/mol. The summed E-state index contributed by atoms with van der Waals surface area (Å²) in [5.41, 5.74) is 0. The maximum Gasteiger partial charge on any atom is 0.306 e. The van der Waals surface area contributed by atoms with Gasteiger partial charge in [-0.1, -0.05) is 221 Å². The molecule has 0 aliphatic carbocycles. The van der Waals surface area contributed by atoms with Gasteiger partial charge in [-0.05, 0) is 89.9 Å². The molecule has 0 saturated heterocycles. The van der Waals surface area contributed by atoms with Gasteiger partial charge in [0.1, 0.15) is 19.3 Å². The van der Waals surface area contributed by atoms with E-state index in [2.05, 4.69) is 98.9 Å². The van der Waals surface area contributed by atoms with E-state index in [1.807, 2.05) is 21.1 Å². The molecule has 9 heteroatoms. The van der Waals surface area contributed by atoms with E-state index in [-0.39, 0.29) is 25.8 Å². The number of likely N-dealkylation sites (N-methyl/N-ethyl adjacent to an activating group) is 1. The molecule has 69 heavy (non-hydrogen) atoms. The van der Waals surface area contributed by atoms with Crippen LogP contribution in [0, 0.1) is 0 Å². The molecule has 0 aliphatic heterocycles. The first-order valence-electron chi connectivity index (χ1n) is 28.3. The highest BCUT2D eigenvalue weighted by atomic mass is 31.2. The number of carbonyl (C=O) groups excluding carboxylic acids is 1. The van der Waals surface area contributed by atoms with Gasteiger partial charge in [0.05, 0.1) is 34.4 Å². The normalized spacial score (nSPS) is 14.1. The molecular formula is C60H108NO7P. The predicted molar refractivity (Wildman–Crippen MR) is 295 cm³/mol. The van der Waals surface area contributed by atoms with E-state index >= 15 is 0 Å². The maximum atomic E-state index is 12.8. The van der Waals surface area contributed by atoms with Gasteiger partial charge >= 0.3 is 5.97 Å². The Morgan fingerprint density at radius 1 is 0.464 bits per heavy atom. The Morgan fingerprint density at radius 3 is 1.28 bits per heavy atom. The molecule has 0 fully saturated rings. The minimum Gasteiger partial charge on any atom is -0.756 e. The third-order valence-electron chi connectivity index (χ3n) is 11.9. The van der Waals surface area contributed by atoms with Crippen LogP contribution in [0.25, 0.3) is 0 Å². The van der Waals surface area contributed by atoms with Gasteiger partial charge < -0.3 is 27.9 Å². The Morgan fingerprint density at radius 2 is 0.841 bits per heavy atom. The minimum absolute atomic E-state index is 0.0196. The third kappa shape index (κ3) is 56.5. The Hall–Kier alpha value is -2.32. The summed E-state index contributed by atoms with van der Waals surface area (Å²) in [5, 5.41) is 0. The molecule has 8 nitrogen and oxygen atoms in total. The summed E-state index contributed by atoms with van der Waals surface area (Å²) in [5.74, 6) is -0.341. The van der Waals surface area contributed by atoms with E-state index in [0.29, 0.717) is 24.1 Å². The largest absolute Gasteiger partial charge is 0.756 e. The summed E-state index contributed by atoms with van der Waals surface area (Å²) in [7, 11) is 1.34. The zero-order chi connectivity index (χ0) is 50.5. The Bertz CT molecular complexity index is 1380. The van der Waals surface area contributed by atoms with Crippen LogP contribution in [0.2, 0.25) is 0 Å². The Kier molecular flexibility index (Phi) is 50.3. The summed E-state index contributed by atoms with van der Waals surface area (Å²) >= 11 is 0.